The predicted octanol–water partition coefficient (Wildman–Crippen LogP) is 4.31. The fourth-order valence-corrected chi connectivity index (χ4v) is 3.38. The Kier molecular flexibility index (Phi) is 6.88. The number of ether oxygens (including phenoxy) is 2. The molecule has 0 bridgehead atoms. The van der Waals surface area contributed by atoms with E-state index >= 15 is 0 Å². The molecule has 0 saturated carbocycles. The standard InChI is InChI=1S/C26H24N4O4/c1-33-21-12-14-24(34-2)22(16-21)23-13-15-26(32)30(29-23)17-25(31)28-20-10-8-19(9-11-20)27-18-6-4-3-5-7-18/h3-16,27H,17H2,1-2H3,(H,28,31). The van der Waals surface area contributed by atoms with Crippen LogP contribution in [-0.2, 0) is 11.3 Å². The van der Waals surface area contributed by atoms with Crippen molar-refractivity contribution in [2.45, 2.75) is 6.54 Å². The Balaban J connectivity index is 1.47. The van der Waals surface area contributed by atoms with Gasteiger partial charge in [0.25, 0.3) is 5.56 Å². The second-order valence-corrected chi connectivity index (χ2v) is 7.40. The highest BCUT2D eigenvalue weighted by atomic mass is 16.5. The number of aromatic nitrogens is 2. The van der Waals surface area contributed by atoms with Gasteiger partial charge in [-0.2, -0.15) is 5.10 Å². The minimum absolute atomic E-state index is 0.233. The highest BCUT2D eigenvalue weighted by molar-refractivity contribution is 5.90. The maximum absolute atomic E-state index is 12.6. The SMILES string of the molecule is COc1ccc(OC)c(-c2ccc(=O)n(CC(=O)Nc3ccc(Nc4ccccc4)cc3)n2)c1. The third kappa shape index (κ3) is 5.42. The zero-order valence-electron chi connectivity index (χ0n) is 18.8. The Labute approximate surface area is 196 Å². The van der Waals surface area contributed by atoms with Gasteiger partial charge >= 0.3 is 0 Å². The van der Waals surface area contributed by atoms with E-state index in [4.69, 9.17) is 9.47 Å². The molecule has 4 aromatic rings. The first kappa shape index (κ1) is 22.6. The Hall–Kier alpha value is -4.59. The third-order valence-electron chi connectivity index (χ3n) is 5.07. The molecule has 1 amide bonds. The summed E-state index contributed by atoms with van der Waals surface area (Å²) in [6.45, 7) is -0.233. The molecule has 1 aromatic heterocycles. The van der Waals surface area contributed by atoms with Crippen LogP contribution in [-0.4, -0.2) is 29.9 Å². The van der Waals surface area contributed by atoms with Crippen LogP contribution in [0.4, 0.5) is 17.1 Å². The maximum atomic E-state index is 12.6. The molecule has 8 nitrogen and oxygen atoms in total. The minimum atomic E-state index is -0.386. The molecule has 0 unspecified atom stereocenters. The van der Waals surface area contributed by atoms with Crippen molar-refractivity contribution in [3.63, 3.8) is 0 Å². The molecule has 0 aliphatic rings. The van der Waals surface area contributed by atoms with Crippen molar-refractivity contribution < 1.29 is 14.3 Å². The van der Waals surface area contributed by atoms with E-state index in [1.54, 1.807) is 50.6 Å². The zero-order chi connectivity index (χ0) is 23.9. The van der Waals surface area contributed by atoms with Gasteiger partial charge in [0.15, 0.2) is 0 Å². The van der Waals surface area contributed by atoms with Crippen molar-refractivity contribution in [1.82, 2.24) is 9.78 Å². The molecule has 1 heterocycles. The van der Waals surface area contributed by atoms with Crippen molar-refractivity contribution in [3.8, 4) is 22.8 Å². The van der Waals surface area contributed by atoms with Crippen LogP contribution in [0.3, 0.4) is 0 Å². The van der Waals surface area contributed by atoms with Crippen LogP contribution in [0.5, 0.6) is 11.5 Å². The molecule has 0 spiro atoms. The number of rotatable bonds is 8. The number of anilines is 3. The lowest BCUT2D eigenvalue weighted by molar-refractivity contribution is -0.117. The average molecular weight is 457 g/mol. The summed E-state index contributed by atoms with van der Waals surface area (Å²) in [4.78, 5) is 25.0. The van der Waals surface area contributed by atoms with Gasteiger partial charge in [-0.1, -0.05) is 18.2 Å². The van der Waals surface area contributed by atoms with Gasteiger partial charge < -0.3 is 20.1 Å². The van der Waals surface area contributed by atoms with Gasteiger partial charge in [-0.05, 0) is 60.7 Å². The summed E-state index contributed by atoms with van der Waals surface area (Å²) in [6.07, 6.45) is 0. The van der Waals surface area contributed by atoms with E-state index in [-0.39, 0.29) is 18.0 Å². The number of benzene rings is 3. The van der Waals surface area contributed by atoms with Gasteiger partial charge in [0.05, 0.1) is 19.9 Å². The first-order chi connectivity index (χ1) is 16.6. The van der Waals surface area contributed by atoms with Crippen molar-refractivity contribution in [1.29, 1.82) is 0 Å². The number of carbonyl (C=O) groups excluding carboxylic acids is 1. The second-order valence-electron chi connectivity index (χ2n) is 7.40. The van der Waals surface area contributed by atoms with E-state index in [1.807, 2.05) is 42.5 Å². The number of nitrogens with one attached hydrogen (secondary N) is 2. The Morgan fingerprint density at radius 3 is 2.26 bits per heavy atom. The zero-order valence-corrected chi connectivity index (χ0v) is 18.8. The lowest BCUT2D eigenvalue weighted by Gasteiger charge is -2.12. The number of methoxy groups -OCH3 is 2. The number of hydrogen-bond donors (Lipinski definition) is 2. The molecule has 0 fully saturated rings. The molecule has 3 aromatic carbocycles. The average Bonchev–Trinajstić information content (AvgIpc) is 2.87. The van der Waals surface area contributed by atoms with Crippen molar-refractivity contribution >= 4 is 23.0 Å². The number of amides is 1. The van der Waals surface area contributed by atoms with Gasteiger partial charge in [0, 0.05) is 28.7 Å². The molecule has 34 heavy (non-hydrogen) atoms. The van der Waals surface area contributed by atoms with Gasteiger partial charge in [0.2, 0.25) is 5.91 Å². The highest BCUT2D eigenvalue weighted by Gasteiger charge is 2.13. The van der Waals surface area contributed by atoms with Crippen LogP contribution >= 0.6 is 0 Å². The molecular formula is C26H24N4O4. The van der Waals surface area contributed by atoms with Crippen LogP contribution in [0.15, 0.2) is 89.7 Å². The molecule has 0 saturated heterocycles. The largest absolute Gasteiger partial charge is 0.497 e. The normalized spacial score (nSPS) is 10.4. The van der Waals surface area contributed by atoms with Crippen LogP contribution in [0.2, 0.25) is 0 Å². The quantitative estimate of drug-likeness (QED) is 0.410. The summed E-state index contributed by atoms with van der Waals surface area (Å²) in [6, 6.07) is 25.4. The predicted molar refractivity (Wildman–Crippen MR) is 132 cm³/mol. The van der Waals surface area contributed by atoms with Gasteiger partial charge in [0.1, 0.15) is 18.0 Å². The molecule has 4 rings (SSSR count). The molecular weight excluding hydrogens is 432 g/mol. The first-order valence-corrected chi connectivity index (χ1v) is 10.6. The fraction of sp³-hybridized carbons (Fsp3) is 0.115. The maximum Gasteiger partial charge on any atom is 0.267 e. The first-order valence-electron chi connectivity index (χ1n) is 10.6. The summed E-state index contributed by atoms with van der Waals surface area (Å²) in [5, 5.41) is 10.4. The number of carbonyl (C=O) groups is 1. The molecule has 8 heteroatoms. The van der Waals surface area contributed by atoms with E-state index in [1.165, 1.54) is 6.07 Å². The molecule has 172 valence electrons. The van der Waals surface area contributed by atoms with Gasteiger partial charge in [-0.25, -0.2) is 4.68 Å². The lowest BCUT2D eigenvalue weighted by atomic mass is 10.1. The Bertz CT molecular complexity index is 1340. The number of nitrogens with zero attached hydrogens (tertiary/aromatic N) is 2. The van der Waals surface area contributed by atoms with E-state index in [0.717, 1.165) is 16.1 Å². The summed E-state index contributed by atoms with van der Waals surface area (Å²) in [5.74, 6) is 0.832. The minimum Gasteiger partial charge on any atom is -0.497 e. The van der Waals surface area contributed by atoms with E-state index in [0.29, 0.717) is 28.4 Å². The Morgan fingerprint density at radius 2 is 1.56 bits per heavy atom. The topological polar surface area (TPSA) is 94.5 Å². The summed E-state index contributed by atoms with van der Waals surface area (Å²) >= 11 is 0. The van der Waals surface area contributed by atoms with Crippen LogP contribution < -0.4 is 25.7 Å². The monoisotopic (exact) mass is 456 g/mol. The molecule has 2 N–H and O–H groups in total. The van der Waals surface area contributed by atoms with Gasteiger partial charge in [-0.15, -0.1) is 0 Å². The molecule has 0 aliphatic carbocycles. The van der Waals surface area contributed by atoms with E-state index < -0.39 is 0 Å². The highest BCUT2D eigenvalue weighted by Crippen LogP contribution is 2.31. The number of hydrogen-bond acceptors (Lipinski definition) is 6. The smallest absolute Gasteiger partial charge is 0.267 e. The van der Waals surface area contributed by atoms with E-state index in [2.05, 4.69) is 15.7 Å². The molecule has 0 radical (unpaired) electrons. The number of para-hydroxylation sites is 1. The lowest BCUT2D eigenvalue weighted by Crippen LogP contribution is -2.29. The molecule has 0 aliphatic heterocycles. The summed E-state index contributed by atoms with van der Waals surface area (Å²) in [5.41, 5.74) is 3.22. The van der Waals surface area contributed by atoms with Crippen molar-refractivity contribution in [2.75, 3.05) is 24.9 Å². The van der Waals surface area contributed by atoms with Crippen LogP contribution in [0, 0.1) is 0 Å². The van der Waals surface area contributed by atoms with Crippen molar-refractivity contribution in [2.24, 2.45) is 0 Å². The molecule has 0 atom stereocenters. The summed E-state index contributed by atoms with van der Waals surface area (Å²) < 4.78 is 11.8. The third-order valence-corrected chi connectivity index (χ3v) is 5.07. The second kappa shape index (κ2) is 10.4. The van der Waals surface area contributed by atoms with Gasteiger partial charge in [-0.3, -0.25) is 9.59 Å². The fourth-order valence-electron chi connectivity index (χ4n) is 3.38. The Morgan fingerprint density at radius 1 is 0.853 bits per heavy atom. The summed E-state index contributed by atoms with van der Waals surface area (Å²) in [7, 11) is 3.12. The van der Waals surface area contributed by atoms with E-state index in [9.17, 15) is 9.59 Å². The van der Waals surface area contributed by atoms with Crippen LogP contribution in [0.1, 0.15) is 0 Å². The van der Waals surface area contributed by atoms with Crippen LogP contribution in [0.25, 0.3) is 11.3 Å². The van der Waals surface area contributed by atoms with Crippen molar-refractivity contribution in [3.05, 3.63) is 95.3 Å².